The lowest BCUT2D eigenvalue weighted by Gasteiger charge is -2.08. The summed E-state index contributed by atoms with van der Waals surface area (Å²) in [6.45, 7) is 0.740. The first-order valence-corrected chi connectivity index (χ1v) is 11.2. The van der Waals surface area contributed by atoms with Gasteiger partial charge in [0.1, 0.15) is 0 Å². The molecule has 2 N–H and O–H groups in total. The van der Waals surface area contributed by atoms with Crippen molar-refractivity contribution in [1.82, 2.24) is 10.0 Å². The molecule has 0 saturated carbocycles. The average molecular weight is 407 g/mol. The van der Waals surface area contributed by atoms with E-state index >= 15 is 0 Å². The lowest BCUT2D eigenvalue weighted by atomic mass is 10.2. The number of hydrogen-bond donors (Lipinski definition) is 2. The van der Waals surface area contributed by atoms with Gasteiger partial charge in [-0.15, -0.1) is 22.7 Å². The third-order valence-electron chi connectivity index (χ3n) is 3.66. The normalized spacial score (nSPS) is 11.4. The minimum atomic E-state index is -3.67. The molecule has 0 bridgehead atoms. The number of amides is 1. The molecule has 1 amide bonds. The standard InChI is InChI=1S/C18H18N2O3S3/c21-18(19-9-8-15-5-2-10-24-15)14-4-1-7-17(12-14)26(22,23)20-13-16-6-3-11-25-16/h1-7,10-12,20H,8-9,13H2,(H,19,21). The molecule has 0 atom stereocenters. The van der Waals surface area contributed by atoms with Crippen molar-refractivity contribution in [3.05, 3.63) is 74.6 Å². The highest BCUT2D eigenvalue weighted by Crippen LogP contribution is 2.14. The fourth-order valence-corrected chi connectivity index (χ4v) is 4.82. The van der Waals surface area contributed by atoms with Gasteiger partial charge in [0.25, 0.3) is 5.91 Å². The van der Waals surface area contributed by atoms with Crippen LogP contribution in [0.25, 0.3) is 0 Å². The van der Waals surface area contributed by atoms with Gasteiger partial charge in [0.05, 0.1) is 4.90 Å². The van der Waals surface area contributed by atoms with E-state index in [2.05, 4.69) is 10.0 Å². The van der Waals surface area contributed by atoms with Gasteiger partial charge in [-0.2, -0.15) is 0 Å². The van der Waals surface area contributed by atoms with Crippen LogP contribution < -0.4 is 10.0 Å². The number of hydrogen-bond acceptors (Lipinski definition) is 5. The number of carbonyl (C=O) groups is 1. The molecule has 0 aliphatic rings. The Kier molecular flexibility index (Phi) is 6.20. The molecule has 0 fully saturated rings. The summed E-state index contributed by atoms with van der Waals surface area (Å²) in [5.74, 6) is -0.281. The second kappa shape index (κ2) is 8.59. The Bertz CT molecular complexity index is 950. The van der Waals surface area contributed by atoms with Crippen LogP contribution in [0.3, 0.4) is 0 Å². The third-order valence-corrected chi connectivity index (χ3v) is 6.87. The predicted molar refractivity (Wildman–Crippen MR) is 105 cm³/mol. The van der Waals surface area contributed by atoms with Crippen LogP contribution in [-0.4, -0.2) is 20.9 Å². The molecule has 2 heterocycles. The molecule has 0 spiro atoms. The highest BCUT2D eigenvalue weighted by atomic mass is 32.2. The SMILES string of the molecule is O=C(NCCc1cccs1)c1cccc(S(=O)(=O)NCc2cccs2)c1. The van der Waals surface area contributed by atoms with E-state index in [1.54, 1.807) is 23.5 Å². The van der Waals surface area contributed by atoms with Crippen LogP contribution in [0, 0.1) is 0 Å². The van der Waals surface area contributed by atoms with Gasteiger partial charge >= 0.3 is 0 Å². The summed E-state index contributed by atoms with van der Waals surface area (Å²) < 4.78 is 27.4. The Morgan fingerprint density at radius 1 is 0.962 bits per heavy atom. The second-order valence-corrected chi connectivity index (χ2v) is 9.35. The Labute approximate surface area is 160 Å². The summed E-state index contributed by atoms with van der Waals surface area (Å²) in [5.41, 5.74) is 0.329. The topological polar surface area (TPSA) is 75.3 Å². The summed E-state index contributed by atoms with van der Waals surface area (Å²) >= 11 is 3.13. The van der Waals surface area contributed by atoms with Crippen LogP contribution in [0.2, 0.25) is 0 Å². The fourth-order valence-electron chi connectivity index (χ4n) is 2.32. The Morgan fingerprint density at radius 2 is 1.69 bits per heavy atom. The van der Waals surface area contributed by atoms with Gasteiger partial charge < -0.3 is 5.32 Å². The van der Waals surface area contributed by atoms with Crippen molar-refractivity contribution in [2.75, 3.05) is 6.54 Å². The quantitative estimate of drug-likeness (QED) is 0.603. The second-order valence-electron chi connectivity index (χ2n) is 5.52. The van der Waals surface area contributed by atoms with E-state index in [1.165, 1.54) is 28.3 Å². The molecular formula is C18H18N2O3S3. The van der Waals surface area contributed by atoms with E-state index in [1.807, 2.05) is 35.0 Å². The maximum Gasteiger partial charge on any atom is 0.251 e. The van der Waals surface area contributed by atoms with Crippen LogP contribution in [-0.2, 0) is 23.0 Å². The van der Waals surface area contributed by atoms with Crippen molar-refractivity contribution in [2.24, 2.45) is 0 Å². The van der Waals surface area contributed by atoms with Crippen molar-refractivity contribution < 1.29 is 13.2 Å². The number of thiophene rings is 2. The minimum absolute atomic E-state index is 0.0833. The van der Waals surface area contributed by atoms with Crippen molar-refractivity contribution in [1.29, 1.82) is 0 Å². The summed E-state index contributed by atoms with van der Waals surface area (Å²) in [7, 11) is -3.67. The molecule has 0 saturated heterocycles. The Morgan fingerprint density at radius 3 is 2.38 bits per heavy atom. The molecule has 3 aromatic rings. The zero-order chi connectivity index (χ0) is 18.4. The number of benzene rings is 1. The van der Waals surface area contributed by atoms with E-state index in [4.69, 9.17) is 0 Å². The van der Waals surface area contributed by atoms with Gasteiger partial charge in [-0.05, 0) is 47.5 Å². The van der Waals surface area contributed by atoms with Gasteiger partial charge in [-0.25, -0.2) is 13.1 Å². The first-order valence-electron chi connectivity index (χ1n) is 7.97. The number of rotatable bonds is 8. The van der Waals surface area contributed by atoms with E-state index in [0.29, 0.717) is 12.1 Å². The van der Waals surface area contributed by atoms with E-state index in [-0.39, 0.29) is 17.3 Å². The first-order chi connectivity index (χ1) is 12.5. The predicted octanol–water partition coefficient (Wildman–Crippen LogP) is 3.26. The summed E-state index contributed by atoms with van der Waals surface area (Å²) in [5, 5.41) is 6.71. The lowest BCUT2D eigenvalue weighted by molar-refractivity contribution is 0.0954. The zero-order valence-electron chi connectivity index (χ0n) is 13.8. The van der Waals surface area contributed by atoms with Crippen LogP contribution >= 0.6 is 22.7 Å². The average Bonchev–Trinajstić information content (AvgIpc) is 3.34. The van der Waals surface area contributed by atoms with E-state index in [9.17, 15) is 13.2 Å². The highest BCUT2D eigenvalue weighted by molar-refractivity contribution is 7.89. The molecule has 5 nitrogen and oxygen atoms in total. The minimum Gasteiger partial charge on any atom is -0.352 e. The zero-order valence-corrected chi connectivity index (χ0v) is 16.3. The lowest BCUT2D eigenvalue weighted by Crippen LogP contribution is -2.26. The third kappa shape index (κ3) is 5.01. The van der Waals surface area contributed by atoms with E-state index in [0.717, 1.165) is 11.3 Å². The maximum absolute atomic E-state index is 12.4. The Balaban J connectivity index is 1.61. The van der Waals surface area contributed by atoms with Gasteiger partial charge in [0.15, 0.2) is 0 Å². The maximum atomic E-state index is 12.4. The molecule has 0 aliphatic carbocycles. The molecule has 2 aromatic heterocycles. The molecule has 0 aliphatic heterocycles. The highest BCUT2D eigenvalue weighted by Gasteiger charge is 2.16. The fraction of sp³-hybridized carbons (Fsp3) is 0.167. The van der Waals surface area contributed by atoms with Crippen LogP contribution in [0.1, 0.15) is 20.1 Å². The van der Waals surface area contributed by atoms with Crippen molar-refractivity contribution in [2.45, 2.75) is 17.9 Å². The van der Waals surface area contributed by atoms with Gasteiger partial charge in [0, 0.05) is 28.4 Å². The van der Waals surface area contributed by atoms with Crippen molar-refractivity contribution in [3.8, 4) is 0 Å². The number of nitrogens with one attached hydrogen (secondary N) is 2. The number of carbonyl (C=O) groups excluding carboxylic acids is 1. The smallest absolute Gasteiger partial charge is 0.251 e. The molecule has 26 heavy (non-hydrogen) atoms. The van der Waals surface area contributed by atoms with Crippen LogP contribution in [0.15, 0.2) is 64.2 Å². The molecule has 1 aromatic carbocycles. The molecule has 136 valence electrons. The molecule has 0 radical (unpaired) electrons. The molecular weight excluding hydrogens is 388 g/mol. The molecule has 3 rings (SSSR count). The summed E-state index contributed by atoms with van der Waals surface area (Å²) in [4.78, 5) is 14.5. The van der Waals surface area contributed by atoms with E-state index < -0.39 is 10.0 Å². The van der Waals surface area contributed by atoms with Crippen molar-refractivity contribution >= 4 is 38.6 Å². The van der Waals surface area contributed by atoms with Crippen molar-refractivity contribution in [3.63, 3.8) is 0 Å². The van der Waals surface area contributed by atoms with Gasteiger partial charge in [-0.3, -0.25) is 4.79 Å². The van der Waals surface area contributed by atoms with Crippen LogP contribution in [0.4, 0.5) is 0 Å². The van der Waals surface area contributed by atoms with Gasteiger partial charge in [0.2, 0.25) is 10.0 Å². The van der Waals surface area contributed by atoms with Crippen LogP contribution in [0.5, 0.6) is 0 Å². The summed E-state index contributed by atoms with van der Waals surface area (Å²) in [6.07, 6.45) is 0.754. The first kappa shape index (κ1) is 18.8. The number of sulfonamides is 1. The monoisotopic (exact) mass is 406 g/mol. The van der Waals surface area contributed by atoms with Gasteiger partial charge in [-0.1, -0.05) is 18.2 Å². The molecule has 8 heteroatoms. The summed E-state index contributed by atoms with van der Waals surface area (Å²) in [6, 6.07) is 13.8. The largest absolute Gasteiger partial charge is 0.352 e. The molecule has 0 unspecified atom stereocenters. The Hall–Kier alpha value is -2.00.